The van der Waals surface area contributed by atoms with Gasteiger partial charge in [0.05, 0.1) is 5.52 Å². The molecule has 148 valence electrons. The Morgan fingerprint density at radius 3 is 2.81 bits per heavy atom. The fourth-order valence-electron chi connectivity index (χ4n) is 3.00. The molecule has 0 spiro atoms. The normalized spacial score (nSPS) is 14.6. The number of amides is 1. The average molecular weight is 440 g/mol. The van der Waals surface area contributed by atoms with Gasteiger partial charge in [-0.25, -0.2) is 4.79 Å². The highest BCUT2D eigenvalue weighted by Gasteiger charge is 2.35. The van der Waals surface area contributed by atoms with Crippen LogP contribution in [0.3, 0.4) is 0 Å². The summed E-state index contributed by atoms with van der Waals surface area (Å²) in [4.78, 5) is 14.2. The number of benzene rings is 1. The van der Waals surface area contributed by atoms with Gasteiger partial charge in [-0.2, -0.15) is 5.10 Å². The van der Waals surface area contributed by atoms with E-state index in [9.17, 15) is 9.90 Å². The van der Waals surface area contributed by atoms with Crippen molar-refractivity contribution in [2.24, 2.45) is 0 Å². The van der Waals surface area contributed by atoms with Gasteiger partial charge in [0.15, 0.2) is 0 Å². The number of hydrogen-bond acceptors (Lipinski definition) is 5. The van der Waals surface area contributed by atoms with Gasteiger partial charge in [-0.1, -0.05) is 6.07 Å². The number of nitrogens with zero attached hydrogens (tertiary/aromatic N) is 3. The van der Waals surface area contributed by atoms with Crippen LogP contribution in [0.4, 0.5) is 4.79 Å². The summed E-state index contributed by atoms with van der Waals surface area (Å²) in [5.74, 6) is -1.49. The minimum Gasteiger partial charge on any atom is -0.418 e. The molecule has 1 aromatic heterocycles. The number of halogens is 1. The van der Waals surface area contributed by atoms with Gasteiger partial charge >= 0.3 is 6.09 Å². The van der Waals surface area contributed by atoms with Gasteiger partial charge in [0.25, 0.3) is 0 Å². The molecular formula is C19H26BrN3O4. The Bertz CT molecular complexity index is 811. The van der Waals surface area contributed by atoms with Crippen molar-refractivity contribution in [3.05, 3.63) is 28.4 Å². The zero-order valence-electron chi connectivity index (χ0n) is 15.9. The predicted octanol–water partition coefficient (Wildman–Crippen LogP) is 3.66. The molecule has 1 heterocycles. The minimum absolute atomic E-state index is 0.175. The molecule has 0 radical (unpaired) electrons. The van der Waals surface area contributed by atoms with Crippen LogP contribution in [0.2, 0.25) is 0 Å². The molecule has 2 aromatic rings. The second-order valence-electron chi connectivity index (χ2n) is 7.39. The maximum atomic E-state index is 12.5. The number of methoxy groups -OCH3 is 1. The molecule has 1 saturated carbocycles. The number of rotatable bonds is 8. The van der Waals surface area contributed by atoms with Crippen LogP contribution in [0.5, 0.6) is 0 Å². The van der Waals surface area contributed by atoms with Gasteiger partial charge in [-0.3, -0.25) is 4.68 Å². The summed E-state index contributed by atoms with van der Waals surface area (Å²) in [5.41, 5.74) is 2.02. The summed E-state index contributed by atoms with van der Waals surface area (Å²) in [6, 6.07) is 6.25. The van der Waals surface area contributed by atoms with Crippen LogP contribution in [0.25, 0.3) is 10.9 Å². The first kappa shape index (κ1) is 20.1. The van der Waals surface area contributed by atoms with Crippen molar-refractivity contribution in [3.8, 4) is 0 Å². The first-order valence-corrected chi connectivity index (χ1v) is 9.93. The molecule has 0 atom stereocenters. The van der Waals surface area contributed by atoms with Crippen LogP contribution in [-0.4, -0.2) is 51.4 Å². The topological polar surface area (TPSA) is 76.8 Å². The predicted molar refractivity (Wildman–Crippen MR) is 105 cm³/mol. The van der Waals surface area contributed by atoms with Crippen molar-refractivity contribution < 1.29 is 19.4 Å². The molecule has 1 fully saturated rings. The van der Waals surface area contributed by atoms with E-state index in [0.29, 0.717) is 13.2 Å². The molecule has 7 nitrogen and oxygen atoms in total. The van der Waals surface area contributed by atoms with Crippen LogP contribution in [0, 0.1) is 0 Å². The number of aliphatic hydroxyl groups is 1. The molecule has 1 aliphatic carbocycles. The van der Waals surface area contributed by atoms with Gasteiger partial charge in [-0.05, 0) is 52.9 Å². The van der Waals surface area contributed by atoms with E-state index < -0.39 is 11.9 Å². The quantitative estimate of drug-likeness (QED) is 0.501. The second-order valence-corrected chi connectivity index (χ2v) is 8.14. The van der Waals surface area contributed by atoms with Crippen LogP contribution in [0.1, 0.15) is 38.7 Å². The molecule has 1 aliphatic rings. The van der Waals surface area contributed by atoms with Crippen LogP contribution in [0.15, 0.2) is 22.8 Å². The third-order valence-electron chi connectivity index (χ3n) is 4.40. The van der Waals surface area contributed by atoms with E-state index in [-0.39, 0.29) is 6.04 Å². The van der Waals surface area contributed by atoms with Gasteiger partial charge in [0, 0.05) is 52.1 Å². The number of hydrogen-bond donors (Lipinski definition) is 1. The highest BCUT2D eigenvalue weighted by atomic mass is 79.9. The van der Waals surface area contributed by atoms with E-state index >= 15 is 0 Å². The fraction of sp³-hybridized carbons (Fsp3) is 0.579. The van der Waals surface area contributed by atoms with E-state index in [1.807, 2.05) is 16.8 Å². The number of aryl methyl sites for hydroxylation is 1. The monoisotopic (exact) mass is 439 g/mol. The zero-order chi connectivity index (χ0) is 19.6. The molecule has 0 aliphatic heterocycles. The Morgan fingerprint density at radius 2 is 2.19 bits per heavy atom. The third-order valence-corrected chi connectivity index (χ3v) is 4.99. The third kappa shape index (κ3) is 5.21. The van der Waals surface area contributed by atoms with Crippen molar-refractivity contribution in [3.63, 3.8) is 0 Å². The molecule has 0 unspecified atom stereocenters. The first-order chi connectivity index (χ1) is 12.8. The largest absolute Gasteiger partial charge is 0.418 e. The fourth-order valence-corrected chi connectivity index (χ4v) is 3.53. The lowest BCUT2D eigenvalue weighted by Gasteiger charge is -2.26. The summed E-state index contributed by atoms with van der Waals surface area (Å²) < 4.78 is 13.0. The number of ether oxygens (including phenoxy) is 2. The summed E-state index contributed by atoms with van der Waals surface area (Å²) in [6.07, 6.45) is 2.31. The lowest BCUT2D eigenvalue weighted by atomic mass is 10.1. The summed E-state index contributed by atoms with van der Waals surface area (Å²) in [5, 5.41) is 15.4. The highest BCUT2D eigenvalue weighted by Crippen LogP contribution is 2.31. The van der Waals surface area contributed by atoms with Crippen LogP contribution in [-0.2, 0) is 22.6 Å². The van der Waals surface area contributed by atoms with Crippen molar-refractivity contribution in [1.82, 2.24) is 14.7 Å². The number of carbonyl (C=O) groups excluding carboxylic acids is 1. The van der Waals surface area contributed by atoms with E-state index in [1.165, 1.54) is 13.8 Å². The molecule has 0 bridgehead atoms. The van der Waals surface area contributed by atoms with Crippen LogP contribution < -0.4 is 0 Å². The summed E-state index contributed by atoms with van der Waals surface area (Å²) in [7, 11) is 1.69. The van der Waals surface area contributed by atoms with E-state index in [4.69, 9.17) is 9.47 Å². The van der Waals surface area contributed by atoms with Crippen LogP contribution >= 0.6 is 15.9 Å². The molecule has 27 heavy (non-hydrogen) atoms. The Kier molecular flexibility index (Phi) is 6.08. The minimum atomic E-state index is -1.49. The second kappa shape index (κ2) is 8.16. The molecule has 8 heteroatoms. The molecule has 0 saturated heterocycles. The Labute approximate surface area is 167 Å². The Morgan fingerprint density at radius 1 is 1.44 bits per heavy atom. The van der Waals surface area contributed by atoms with Gasteiger partial charge in [-0.15, -0.1) is 0 Å². The van der Waals surface area contributed by atoms with Crippen molar-refractivity contribution in [2.75, 3.05) is 13.7 Å². The van der Waals surface area contributed by atoms with Crippen molar-refractivity contribution in [2.45, 2.75) is 58.0 Å². The van der Waals surface area contributed by atoms with E-state index in [0.717, 1.165) is 46.9 Å². The van der Waals surface area contributed by atoms with Gasteiger partial charge < -0.3 is 19.5 Å². The lowest BCUT2D eigenvalue weighted by molar-refractivity contribution is -0.140. The molecular weight excluding hydrogens is 414 g/mol. The Balaban J connectivity index is 1.80. The molecule has 1 aromatic carbocycles. The highest BCUT2D eigenvalue weighted by molar-refractivity contribution is 9.10. The van der Waals surface area contributed by atoms with Gasteiger partial charge in [0.2, 0.25) is 5.79 Å². The standard InChI is InChI=1S/C19H26BrN3O4/c1-19(2,25)27-18(24)22(14-6-7-14)12-13-5-8-15-16(11-13)23(21-17(15)20)9-4-10-26-3/h5,8,11,14,25H,4,6-7,9-10,12H2,1-3H3. The molecule has 3 rings (SSSR count). The van der Waals surface area contributed by atoms with Crippen molar-refractivity contribution >= 4 is 32.9 Å². The van der Waals surface area contributed by atoms with E-state index in [2.05, 4.69) is 27.1 Å². The van der Waals surface area contributed by atoms with Gasteiger partial charge in [0.1, 0.15) is 4.60 Å². The molecule has 1 N–H and O–H groups in total. The zero-order valence-corrected chi connectivity index (χ0v) is 17.5. The van der Waals surface area contributed by atoms with E-state index in [1.54, 1.807) is 12.0 Å². The number of fused-ring (bicyclic) bond motifs is 1. The first-order valence-electron chi connectivity index (χ1n) is 9.14. The van der Waals surface area contributed by atoms with Crippen molar-refractivity contribution in [1.29, 1.82) is 0 Å². The SMILES string of the molecule is COCCCn1nc(Br)c2ccc(CN(C(=O)OC(C)(C)O)C3CC3)cc21. The number of carbonyl (C=O) groups is 1. The summed E-state index contributed by atoms with van der Waals surface area (Å²) in [6.45, 7) is 4.79. The average Bonchev–Trinajstić information content (AvgIpc) is 3.37. The maximum Gasteiger partial charge on any atom is 0.412 e. The maximum absolute atomic E-state index is 12.5. The number of aromatic nitrogens is 2. The summed E-state index contributed by atoms with van der Waals surface area (Å²) >= 11 is 3.52. The smallest absolute Gasteiger partial charge is 0.412 e. The molecule has 1 amide bonds. The lowest BCUT2D eigenvalue weighted by Crippen LogP contribution is -2.38. The Hall–Kier alpha value is -1.64.